The summed E-state index contributed by atoms with van der Waals surface area (Å²) >= 11 is 0. The van der Waals surface area contributed by atoms with E-state index in [2.05, 4.69) is 10.6 Å². The van der Waals surface area contributed by atoms with Crippen molar-refractivity contribution < 1.29 is 30.3 Å². The maximum absolute atomic E-state index is 13.8. The molecule has 2 heterocycles. The Kier molecular flexibility index (Phi) is 4.56. The number of hydrogen-bond donors (Lipinski definition) is 2. The van der Waals surface area contributed by atoms with Gasteiger partial charge in [0, 0.05) is 20.8 Å². The van der Waals surface area contributed by atoms with Crippen LogP contribution < -0.4 is 20.1 Å². The van der Waals surface area contributed by atoms with Crippen LogP contribution in [0.1, 0.15) is 32.4 Å². The lowest BCUT2D eigenvalue weighted by Crippen LogP contribution is -2.27. The molecule has 2 aliphatic heterocycles. The van der Waals surface area contributed by atoms with Gasteiger partial charge in [-0.2, -0.15) is 13.2 Å². The summed E-state index contributed by atoms with van der Waals surface area (Å²) in [6.45, 7) is 0.911. The van der Waals surface area contributed by atoms with Crippen molar-refractivity contribution in [1.82, 2.24) is 0 Å². The second-order valence-corrected chi connectivity index (χ2v) is 8.91. The summed E-state index contributed by atoms with van der Waals surface area (Å²) < 4.78 is 52.2. The molecular formula is C26H25F3N2O3. The zero-order valence-electron chi connectivity index (χ0n) is 18.1. The summed E-state index contributed by atoms with van der Waals surface area (Å²) in [5.41, 5.74) is 2.15. The second kappa shape index (κ2) is 7.41. The van der Waals surface area contributed by atoms with E-state index in [0.717, 1.165) is 35.8 Å². The number of hydrogen-bond acceptors (Lipinski definition) is 4. The molecule has 3 aromatic rings. The lowest BCUT2D eigenvalue weighted by molar-refractivity contribution is -0.137. The number of alkyl halides is 3. The van der Waals surface area contributed by atoms with E-state index in [-0.39, 0.29) is 21.1 Å². The lowest BCUT2D eigenvalue weighted by atomic mass is 9.93. The van der Waals surface area contributed by atoms with Crippen LogP contribution in [0.5, 0.6) is 11.5 Å². The van der Waals surface area contributed by atoms with Crippen molar-refractivity contribution in [3.8, 4) is 22.6 Å². The van der Waals surface area contributed by atoms with Crippen LogP contribution in [-0.4, -0.2) is 19.2 Å². The number of rotatable bonds is 4. The molecule has 3 aliphatic rings. The largest absolute Gasteiger partial charge is 0.454 e. The third-order valence-electron chi connectivity index (χ3n) is 6.82. The Morgan fingerprint density at radius 2 is 1.82 bits per heavy atom. The first kappa shape index (κ1) is 20.9. The van der Waals surface area contributed by atoms with Gasteiger partial charge < -0.3 is 20.1 Å². The van der Waals surface area contributed by atoms with Gasteiger partial charge in [0.2, 0.25) is 12.7 Å². The average Bonchev–Trinajstić information content (AvgIpc) is 3.27. The molecule has 0 saturated heterocycles. The predicted molar refractivity (Wildman–Crippen MR) is 125 cm³/mol. The van der Waals surface area contributed by atoms with Crippen LogP contribution in [0, 0.1) is 0 Å². The van der Waals surface area contributed by atoms with E-state index in [9.17, 15) is 18.0 Å². The van der Waals surface area contributed by atoms with Gasteiger partial charge in [-0.15, -0.1) is 0 Å². The average molecular weight is 470 g/mol. The van der Waals surface area contributed by atoms with E-state index >= 15 is 0 Å². The normalized spacial score (nSPS) is 17.1. The van der Waals surface area contributed by atoms with Crippen molar-refractivity contribution in [1.29, 1.82) is 0 Å². The van der Waals surface area contributed by atoms with Gasteiger partial charge in [-0.1, -0.05) is 12.1 Å². The zero-order chi connectivity index (χ0) is 23.5. The van der Waals surface area contributed by atoms with Gasteiger partial charge in [-0.3, -0.25) is 4.79 Å². The van der Waals surface area contributed by atoms with E-state index in [0.29, 0.717) is 35.6 Å². The number of anilines is 2. The predicted octanol–water partition coefficient (Wildman–Crippen LogP) is 6.23. The summed E-state index contributed by atoms with van der Waals surface area (Å²) in [7, 11) is 0. The fourth-order valence-electron chi connectivity index (χ4n) is 4.80. The Labute approximate surface area is 196 Å². The molecule has 1 saturated carbocycles. The Morgan fingerprint density at radius 3 is 2.62 bits per heavy atom. The van der Waals surface area contributed by atoms with E-state index in [1.54, 1.807) is 18.2 Å². The highest BCUT2D eigenvalue weighted by atomic mass is 19.4. The molecule has 8 heteroatoms. The van der Waals surface area contributed by atoms with Crippen LogP contribution >= 0.6 is 0 Å². The minimum absolute atomic E-state index is 0. The number of halogens is 3. The fourth-order valence-corrected chi connectivity index (χ4v) is 4.80. The molecule has 0 aromatic heterocycles. The number of nitrogens with one attached hydrogen (secondary N) is 2. The van der Waals surface area contributed by atoms with E-state index in [1.165, 1.54) is 12.1 Å². The minimum atomic E-state index is -4.51. The fraction of sp³-hybridized carbons (Fsp3) is 0.269. The topological polar surface area (TPSA) is 59.6 Å². The molecular weight excluding hydrogens is 445 g/mol. The van der Waals surface area contributed by atoms with Gasteiger partial charge in [0.15, 0.2) is 11.5 Å². The van der Waals surface area contributed by atoms with E-state index in [1.807, 2.05) is 18.2 Å². The van der Waals surface area contributed by atoms with Gasteiger partial charge in [-0.25, -0.2) is 0 Å². The van der Waals surface area contributed by atoms with Crippen LogP contribution in [0.4, 0.5) is 24.5 Å². The number of fused-ring (bicyclic) bond motifs is 2. The monoisotopic (exact) mass is 470 g/mol. The summed E-state index contributed by atoms with van der Waals surface area (Å²) in [6.07, 6.45) is -2.44. The van der Waals surface area contributed by atoms with Gasteiger partial charge in [0.25, 0.3) is 0 Å². The minimum Gasteiger partial charge on any atom is -0.454 e. The molecule has 1 fully saturated rings. The molecule has 0 unspecified atom stereocenters. The molecule has 34 heavy (non-hydrogen) atoms. The third-order valence-corrected chi connectivity index (χ3v) is 6.82. The van der Waals surface area contributed by atoms with E-state index in [4.69, 9.17) is 9.47 Å². The molecule has 0 bridgehead atoms. The lowest BCUT2D eigenvalue weighted by Gasteiger charge is -2.19. The quantitative estimate of drug-likeness (QED) is 0.475. The maximum Gasteiger partial charge on any atom is 0.417 e. The van der Waals surface area contributed by atoms with Gasteiger partial charge in [-0.05, 0) is 84.0 Å². The van der Waals surface area contributed by atoms with Crippen molar-refractivity contribution in [3.63, 3.8) is 0 Å². The first-order valence-electron chi connectivity index (χ1n) is 11.1. The molecule has 3 aromatic carbocycles. The van der Waals surface area contributed by atoms with Gasteiger partial charge in [0.1, 0.15) is 0 Å². The van der Waals surface area contributed by atoms with Gasteiger partial charge >= 0.3 is 6.18 Å². The standard InChI is InChI=1S/C26H21F3N2O3.2H2/c27-26(28,29)20-4-3-18(13-19(20)15-1-5-21-16(11-15)7-10-30-21)31-24(32)25(8-9-25)17-2-6-22-23(12-17)34-14-33-22;;/h1-6,11-13,30H,7-10,14H2,(H,31,32);2*1H. The first-order valence-corrected chi connectivity index (χ1v) is 11.1. The number of benzene rings is 3. The van der Waals surface area contributed by atoms with Crippen LogP contribution in [0.25, 0.3) is 11.1 Å². The molecule has 1 amide bonds. The van der Waals surface area contributed by atoms with Crippen LogP contribution in [0.2, 0.25) is 0 Å². The molecule has 1 aliphatic carbocycles. The smallest absolute Gasteiger partial charge is 0.417 e. The summed E-state index contributed by atoms with van der Waals surface area (Å²) in [6, 6.07) is 14.5. The highest BCUT2D eigenvalue weighted by Crippen LogP contribution is 2.51. The summed E-state index contributed by atoms with van der Waals surface area (Å²) in [5, 5.41) is 6.08. The van der Waals surface area contributed by atoms with Gasteiger partial charge in [0.05, 0.1) is 11.0 Å². The molecule has 6 rings (SSSR count). The van der Waals surface area contributed by atoms with Crippen LogP contribution in [0.3, 0.4) is 0 Å². The van der Waals surface area contributed by atoms with Crippen molar-refractivity contribution in [2.24, 2.45) is 0 Å². The summed E-state index contributed by atoms with van der Waals surface area (Å²) in [5.74, 6) is 0.992. The SMILES string of the molecule is O=C(Nc1ccc(C(F)(F)F)c(-c2ccc3c(c2)CCN3)c1)C1(c2ccc3c(c2)OCO3)CC1.[HH].[HH]. The molecule has 178 valence electrons. The van der Waals surface area contributed by atoms with Crippen LogP contribution in [-0.2, 0) is 22.8 Å². The number of carbonyl (C=O) groups is 1. The third kappa shape index (κ3) is 3.45. The van der Waals surface area contributed by atoms with Crippen molar-refractivity contribution in [3.05, 3.63) is 71.3 Å². The number of amides is 1. The maximum atomic E-state index is 13.8. The second-order valence-electron chi connectivity index (χ2n) is 8.91. The molecule has 0 atom stereocenters. The van der Waals surface area contributed by atoms with Crippen molar-refractivity contribution in [2.45, 2.75) is 30.9 Å². The molecule has 0 radical (unpaired) electrons. The van der Waals surface area contributed by atoms with Crippen LogP contribution in [0.15, 0.2) is 54.6 Å². The Morgan fingerprint density at radius 1 is 1.00 bits per heavy atom. The number of carbonyl (C=O) groups excluding carboxylic acids is 1. The highest BCUT2D eigenvalue weighted by molar-refractivity contribution is 6.02. The molecule has 5 nitrogen and oxygen atoms in total. The zero-order valence-corrected chi connectivity index (χ0v) is 18.1. The highest BCUT2D eigenvalue weighted by Gasteiger charge is 2.51. The molecule has 0 spiro atoms. The van der Waals surface area contributed by atoms with E-state index < -0.39 is 17.2 Å². The Balaban J connectivity index is 0.00000152. The Bertz CT molecular complexity index is 1330. The molecule has 2 N–H and O–H groups in total. The Hall–Kier alpha value is -3.68. The number of ether oxygens (including phenoxy) is 2. The first-order chi connectivity index (χ1) is 16.3. The summed E-state index contributed by atoms with van der Waals surface area (Å²) in [4.78, 5) is 13.3. The van der Waals surface area contributed by atoms with Crippen molar-refractivity contribution in [2.75, 3.05) is 24.0 Å². The van der Waals surface area contributed by atoms with Crippen molar-refractivity contribution >= 4 is 17.3 Å².